The fourth-order valence-corrected chi connectivity index (χ4v) is 4.80. The number of halogens is 1. The van der Waals surface area contributed by atoms with Gasteiger partial charge in [0.2, 0.25) is 5.91 Å². The summed E-state index contributed by atoms with van der Waals surface area (Å²) >= 11 is 6.32. The van der Waals surface area contributed by atoms with E-state index in [2.05, 4.69) is 35.7 Å². The molecule has 22 heteroatoms. The standard InChI is InChI=1S/C16H21ClN6O11S3.Na/c1-33-22-11(8-7-35-15(19-8)20-10(24)5-17)13(25)21-12-9(23(14(12)26)37(30,31)32)6-18-16(27)34-3-4-36(2,28)29;/h7,9,12H,3-6H2,1-2H3,(H,18,27)(H,21,25)(H,19,20,24)(H,30,31,32);/q;+1/p-1. The fraction of sp³-hybridized carbons (Fsp3) is 0.500. The Morgan fingerprint density at radius 2 is 1.95 bits per heavy atom. The normalized spacial score (nSPS) is 17.5. The summed E-state index contributed by atoms with van der Waals surface area (Å²) in [6.45, 7) is -1.16. The van der Waals surface area contributed by atoms with E-state index in [1.165, 1.54) is 5.38 Å². The van der Waals surface area contributed by atoms with Crippen LogP contribution >= 0.6 is 22.9 Å². The van der Waals surface area contributed by atoms with E-state index >= 15 is 0 Å². The molecule has 1 aliphatic heterocycles. The number of β-lactam (4-membered cyclic amide) rings is 1. The third kappa shape index (κ3) is 9.59. The van der Waals surface area contributed by atoms with Gasteiger partial charge in [0.05, 0.1) is 11.8 Å². The molecule has 2 heterocycles. The Morgan fingerprint density at radius 3 is 2.50 bits per heavy atom. The number of hydrogen-bond donors (Lipinski definition) is 3. The average Bonchev–Trinajstić information content (AvgIpc) is 3.24. The second kappa shape index (κ2) is 14.4. The van der Waals surface area contributed by atoms with Crippen LogP contribution in [-0.4, -0.2) is 110 Å². The summed E-state index contributed by atoms with van der Waals surface area (Å²) in [4.78, 5) is 57.0. The molecular formula is C16H20ClN6NaO11S3. The molecule has 0 aliphatic carbocycles. The molecule has 1 aromatic heterocycles. The van der Waals surface area contributed by atoms with Crippen LogP contribution in [0.4, 0.5) is 9.93 Å². The van der Waals surface area contributed by atoms with Gasteiger partial charge in [-0.1, -0.05) is 5.16 Å². The minimum absolute atomic E-state index is 0. The molecule has 0 saturated carbocycles. The van der Waals surface area contributed by atoms with Crippen LogP contribution in [0.1, 0.15) is 5.69 Å². The smallest absolute Gasteiger partial charge is 0.731 e. The first-order chi connectivity index (χ1) is 17.2. The van der Waals surface area contributed by atoms with Crippen molar-refractivity contribution in [3.05, 3.63) is 11.1 Å². The Bertz CT molecular complexity index is 1300. The van der Waals surface area contributed by atoms with Gasteiger partial charge >= 0.3 is 35.7 Å². The van der Waals surface area contributed by atoms with Gasteiger partial charge in [-0.25, -0.2) is 30.9 Å². The Kier molecular flexibility index (Phi) is 12.8. The number of carbonyl (C=O) groups is 4. The van der Waals surface area contributed by atoms with E-state index < -0.39 is 80.7 Å². The van der Waals surface area contributed by atoms with Gasteiger partial charge in [-0.15, -0.1) is 22.9 Å². The molecule has 1 aromatic rings. The number of nitrogens with zero attached hydrogens (tertiary/aromatic N) is 3. The van der Waals surface area contributed by atoms with E-state index in [1.807, 2.05) is 0 Å². The number of amides is 4. The Morgan fingerprint density at radius 1 is 1.29 bits per heavy atom. The van der Waals surface area contributed by atoms with Crippen molar-refractivity contribution in [3.8, 4) is 0 Å². The summed E-state index contributed by atoms with van der Waals surface area (Å²) in [5.74, 6) is -3.74. The van der Waals surface area contributed by atoms with E-state index in [-0.39, 0.29) is 50.6 Å². The first-order valence-electron chi connectivity index (χ1n) is 9.79. The summed E-state index contributed by atoms with van der Waals surface area (Å²) in [6.07, 6.45) is -0.242. The van der Waals surface area contributed by atoms with Crippen LogP contribution in [0.2, 0.25) is 0 Å². The second-order valence-corrected chi connectivity index (χ2v) is 11.7. The largest absolute Gasteiger partial charge is 1.00 e. The topological polar surface area (TPSA) is 243 Å². The zero-order chi connectivity index (χ0) is 28.0. The summed E-state index contributed by atoms with van der Waals surface area (Å²) in [5.41, 5.74) is -0.549. The van der Waals surface area contributed by atoms with Gasteiger partial charge in [-0.05, 0) is 0 Å². The van der Waals surface area contributed by atoms with Crippen molar-refractivity contribution in [3.63, 3.8) is 0 Å². The van der Waals surface area contributed by atoms with E-state index in [1.54, 1.807) is 0 Å². The Hall–Kier alpha value is -2.07. The number of alkyl halides is 1. The number of ether oxygens (including phenoxy) is 1. The summed E-state index contributed by atoms with van der Waals surface area (Å²) < 4.78 is 61.2. The number of oxime groups is 1. The molecule has 1 saturated heterocycles. The van der Waals surface area contributed by atoms with Crippen molar-refractivity contribution < 1.29 is 79.7 Å². The van der Waals surface area contributed by atoms with Crippen LogP contribution in [0.15, 0.2) is 10.5 Å². The van der Waals surface area contributed by atoms with Gasteiger partial charge in [-0.3, -0.25) is 14.4 Å². The first kappa shape index (κ1) is 34.0. The maximum absolute atomic E-state index is 12.8. The Balaban J connectivity index is 0.00000722. The summed E-state index contributed by atoms with van der Waals surface area (Å²) in [7, 11) is -7.63. The third-order valence-electron chi connectivity index (χ3n) is 4.35. The van der Waals surface area contributed by atoms with Crippen molar-refractivity contribution in [1.29, 1.82) is 0 Å². The van der Waals surface area contributed by atoms with Crippen molar-refractivity contribution in [2.24, 2.45) is 5.16 Å². The number of rotatable bonds is 12. The summed E-state index contributed by atoms with van der Waals surface area (Å²) in [5, 5.41) is 11.6. The van der Waals surface area contributed by atoms with Gasteiger partial charge in [0.25, 0.3) is 11.8 Å². The van der Waals surface area contributed by atoms with Gasteiger partial charge in [0.15, 0.2) is 31.0 Å². The monoisotopic (exact) mass is 626 g/mol. The molecule has 38 heavy (non-hydrogen) atoms. The number of carbonyl (C=O) groups excluding carboxylic acids is 4. The Labute approximate surface area is 247 Å². The molecule has 2 unspecified atom stereocenters. The average molecular weight is 627 g/mol. The van der Waals surface area contributed by atoms with E-state index in [0.29, 0.717) is 0 Å². The third-order valence-corrected chi connectivity index (χ3v) is 7.19. The molecule has 2 rings (SSSR count). The fourth-order valence-electron chi connectivity index (χ4n) is 2.78. The van der Waals surface area contributed by atoms with Crippen molar-refractivity contribution in [2.75, 3.05) is 43.5 Å². The van der Waals surface area contributed by atoms with Crippen molar-refractivity contribution >= 4 is 77.7 Å². The molecule has 206 valence electrons. The number of alkyl carbamates (subject to hydrolysis) is 1. The van der Waals surface area contributed by atoms with Crippen LogP contribution in [0.3, 0.4) is 0 Å². The van der Waals surface area contributed by atoms with Crippen molar-refractivity contribution in [1.82, 2.24) is 19.9 Å². The molecule has 17 nitrogen and oxygen atoms in total. The molecule has 0 radical (unpaired) electrons. The molecule has 0 bridgehead atoms. The zero-order valence-electron chi connectivity index (χ0n) is 20.0. The maximum atomic E-state index is 12.8. The molecular weight excluding hydrogens is 607 g/mol. The van der Waals surface area contributed by atoms with Crippen LogP contribution < -0.4 is 45.5 Å². The second-order valence-electron chi connectivity index (χ2n) is 7.10. The van der Waals surface area contributed by atoms with Gasteiger partial charge < -0.3 is 30.1 Å². The molecule has 1 aliphatic rings. The molecule has 0 spiro atoms. The van der Waals surface area contributed by atoms with E-state index in [9.17, 15) is 40.6 Å². The minimum atomic E-state index is -5.32. The van der Waals surface area contributed by atoms with Crippen LogP contribution in [0.25, 0.3) is 0 Å². The number of thiazole rings is 1. The van der Waals surface area contributed by atoms with Crippen molar-refractivity contribution in [2.45, 2.75) is 12.1 Å². The number of anilines is 1. The number of hydrogen-bond acceptors (Lipinski definition) is 14. The quantitative estimate of drug-likeness (QED) is 0.0491. The SMILES string of the molecule is CON=C(C(=O)NC1C(=O)N(S(=O)(=O)[O-])C1CNC(=O)OCCS(C)(=O)=O)c1csc(NC(=O)CCl)n1.[Na+]. The minimum Gasteiger partial charge on any atom is -0.731 e. The molecule has 2 atom stereocenters. The number of sulfone groups is 1. The van der Waals surface area contributed by atoms with E-state index in [0.717, 1.165) is 24.7 Å². The van der Waals surface area contributed by atoms with Crippen LogP contribution in [0, 0.1) is 0 Å². The predicted octanol–water partition coefficient (Wildman–Crippen LogP) is -5.40. The van der Waals surface area contributed by atoms with Gasteiger partial charge in [0, 0.05) is 18.2 Å². The number of nitrogens with one attached hydrogen (secondary N) is 3. The molecule has 0 aromatic carbocycles. The van der Waals surface area contributed by atoms with Crippen LogP contribution in [-0.2, 0) is 44.1 Å². The van der Waals surface area contributed by atoms with Crippen LogP contribution in [0.5, 0.6) is 0 Å². The molecule has 1 fully saturated rings. The molecule has 3 N–H and O–H groups in total. The predicted molar refractivity (Wildman–Crippen MR) is 126 cm³/mol. The maximum Gasteiger partial charge on any atom is 1.00 e. The van der Waals surface area contributed by atoms with E-state index in [4.69, 9.17) is 11.6 Å². The summed E-state index contributed by atoms with van der Waals surface area (Å²) in [6, 6.07) is -3.14. The first-order valence-corrected chi connectivity index (χ1v) is 14.6. The van der Waals surface area contributed by atoms with Gasteiger partial charge in [0.1, 0.15) is 31.3 Å². The molecule has 4 amide bonds. The number of aromatic nitrogens is 1. The zero-order valence-corrected chi connectivity index (χ0v) is 25.2. The van der Waals surface area contributed by atoms with Gasteiger partial charge in [-0.2, -0.15) is 0 Å².